The molecule has 4 nitrogen and oxygen atoms in total. The Morgan fingerprint density at radius 2 is 1.84 bits per heavy atom. The fourth-order valence-electron chi connectivity index (χ4n) is 3.96. The number of nitrogen functional groups attached to an aromatic ring is 1. The van der Waals surface area contributed by atoms with Gasteiger partial charge in [0.05, 0.1) is 6.61 Å². The highest BCUT2D eigenvalue weighted by molar-refractivity contribution is 7.21. The van der Waals surface area contributed by atoms with Crippen molar-refractivity contribution in [2.75, 3.05) is 12.3 Å². The minimum atomic E-state index is -0.327. The van der Waals surface area contributed by atoms with Crippen molar-refractivity contribution in [2.24, 2.45) is 0 Å². The molecule has 2 aromatic heterocycles. The zero-order valence-electron chi connectivity index (χ0n) is 17.0. The number of fused-ring (bicyclic) bond motifs is 2. The average molecular weight is 425 g/mol. The van der Waals surface area contributed by atoms with E-state index in [4.69, 9.17) is 10.5 Å². The van der Waals surface area contributed by atoms with E-state index in [9.17, 15) is 4.79 Å². The van der Waals surface area contributed by atoms with Gasteiger partial charge in [0.25, 0.3) is 0 Å². The molecule has 31 heavy (non-hydrogen) atoms. The zero-order chi connectivity index (χ0) is 21.4. The number of pyridine rings is 1. The Balaban J connectivity index is 1.85. The van der Waals surface area contributed by atoms with Crippen molar-refractivity contribution in [3.05, 3.63) is 83.9 Å². The molecule has 0 aliphatic rings. The quantitative estimate of drug-likeness (QED) is 0.263. The number of anilines is 1. The smallest absolute Gasteiger partial charge is 0.349 e. The van der Waals surface area contributed by atoms with Gasteiger partial charge in [-0.1, -0.05) is 54.6 Å². The van der Waals surface area contributed by atoms with Crippen molar-refractivity contribution >= 4 is 44.0 Å². The van der Waals surface area contributed by atoms with Crippen molar-refractivity contribution in [3.8, 4) is 22.3 Å². The summed E-state index contributed by atoms with van der Waals surface area (Å²) >= 11 is 1.37. The van der Waals surface area contributed by atoms with Crippen LogP contribution in [0.2, 0.25) is 0 Å². The van der Waals surface area contributed by atoms with Gasteiger partial charge in [-0.2, -0.15) is 0 Å². The summed E-state index contributed by atoms with van der Waals surface area (Å²) < 4.78 is 5.40. The summed E-state index contributed by atoms with van der Waals surface area (Å²) in [7, 11) is 0. The number of hydrogen-bond donors (Lipinski definition) is 1. The summed E-state index contributed by atoms with van der Waals surface area (Å²) in [5.74, 6) is -0.327. The number of hydrogen-bond acceptors (Lipinski definition) is 5. The lowest BCUT2D eigenvalue weighted by Gasteiger charge is -2.10. The first-order chi connectivity index (χ1) is 15.2. The summed E-state index contributed by atoms with van der Waals surface area (Å²) in [6.45, 7) is 2.14. The Morgan fingerprint density at radius 3 is 2.65 bits per heavy atom. The highest BCUT2D eigenvalue weighted by atomic mass is 32.1. The van der Waals surface area contributed by atoms with Crippen molar-refractivity contribution < 1.29 is 9.53 Å². The number of nitrogens with zero attached hydrogens (tertiary/aromatic N) is 1. The zero-order valence-corrected chi connectivity index (χ0v) is 17.8. The Bertz CT molecular complexity index is 1420. The monoisotopic (exact) mass is 424 g/mol. The molecule has 0 unspecified atom stereocenters. The van der Waals surface area contributed by atoms with E-state index in [-0.39, 0.29) is 5.97 Å². The van der Waals surface area contributed by atoms with Crippen LogP contribution in [0, 0.1) is 0 Å². The van der Waals surface area contributed by atoms with Crippen LogP contribution < -0.4 is 5.73 Å². The van der Waals surface area contributed by atoms with Crippen LogP contribution in [0.1, 0.15) is 16.6 Å². The van der Waals surface area contributed by atoms with Crippen LogP contribution in [-0.2, 0) is 4.74 Å². The molecule has 0 aliphatic heterocycles. The first-order valence-corrected chi connectivity index (χ1v) is 10.9. The Morgan fingerprint density at radius 1 is 1.00 bits per heavy atom. The third-order valence-corrected chi connectivity index (χ3v) is 6.42. The Kier molecular flexibility index (Phi) is 4.88. The second kappa shape index (κ2) is 7.85. The van der Waals surface area contributed by atoms with Crippen LogP contribution in [0.5, 0.6) is 0 Å². The largest absolute Gasteiger partial charge is 0.462 e. The van der Waals surface area contributed by atoms with Crippen LogP contribution in [-0.4, -0.2) is 17.6 Å². The SMILES string of the molecule is CCOC(=O)c1sc2nccc(-c3ccccc3)c2c1-c1ccc2c(N)cccc2c1. The van der Waals surface area contributed by atoms with E-state index >= 15 is 0 Å². The molecule has 0 spiro atoms. The number of benzene rings is 3. The number of rotatable bonds is 4. The van der Waals surface area contributed by atoms with E-state index in [2.05, 4.69) is 23.2 Å². The number of esters is 1. The predicted octanol–water partition coefficient (Wildman–Crippen LogP) is 6.54. The number of aromatic nitrogens is 1. The van der Waals surface area contributed by atoms with Gasteiger partial charge in [-0.25, -0.2) is 9.78 Å². The van der Waals surface area contributed by atoms with Gasteiger partial charge in [0.2, 0.25) is 0 Å². The highest BCUT2D eigenvalue weighted by Crippen LogP contribution is 2.44. The maximum atomic E-state index is 12.9. The van der Waals surface area contributed by atoms with E-state index in [1.165, 1.54) is 11.3 Å². The predicted molar refractivity (Wildman–Crippen MR) is 128 cm³/mol. The van der Waals surface area contributed by atoms with Gasteiger partial charge in [0.1, 0.15) is 9.71 Å². The van der Waals surface area contributed by atoms with Crippen LogP contribution in [0.4, 0.5) is 5.69 Å². The molecule has 0 fully saturated rings. The third-order valence-electron chi connectivity index (χ3n) is 5.34. The molecular weight excluding hydrogens is 404 g/mol. The molecule has 5 aromatic rings. The lowest BCUT2D eigenvalue weighted by molar-refractivity contribution is 0.0533. The Labute approximate surface area is 183 Å². The fourth-order valence-corrected chi connectivity index (χ4v) is 5.05. The van der Waals surface area contributed by atoms with Crippen molar-refractivity contribution in [1.29, 1.82) is 0 Å². The number of carbonyl (C=O) groups is 1. The molecule has 0 saturated heterocycles. The molecule has 3 aromatic carbocycles. The fraction of sp³-hybridized carbons (Fsp3) is 0.0769. The van der Waals surface area contributed by atoms with Crippen LogP contribution in [0.3, 0.4) is 0 Å². The molecule has 2 heterocycles. The molecular formula is C26H20N2O2S. The van der Waals surface area contributed by atoms with Gasteiger partial charge < -0.3 is 10.5 Å². The summed E-state index contributed by atoms with van der Waals surface area (Å²) in [6.07, 6.45) is 1.79. The molecule has 0 aliphatic carbocycles. The van der Waals surface area contributed by atoms with E-state index in [1.54, 1.807) is 6.20 Å². The van der Waals surface area contributed by atoms with Gasteiger partial charge in [-0.15, -0.1) is 11.3 Å². The van der Waals surface area contributed by atoms with E-state index in [1.807, 2.05) is 61.5 Å². The summed E-state index contributed by atoms with van der Waals surface area (Å²) in [5.41, 5.74) is 10.8. The first-order valence-electron chi connectivity index (χ1n) is 10.1. The van der Waals surface area contributed by atoms with Gasteiger partial charge in [0, 0.05) is 28.2 Å². The second-order valence-corrected chi connectivity index (χ2v) is 8.21. The molecule has 5 heteroatoms. The van der Waals surface area contributed by atoms with E-state index < -0.39 is 0 Å². The van der Waals surface area contributed by atoms with Crippen LogP contribution in [0.25, 0.3) is 43.2 Å². The maximum absolute atomic E-state index is 12.9. The standard InChI is InChI=1S/C26H20N2O2S/c1-2-30-26(29)24-22(18-11-12-19-17(15-18)9-6-10-21(19)27)23-20(13-14-28-25(23)31-24)16-7-4-3-5-8-16/h3-15H,2,27H2,1H3. The van der Waals surface area contributed by atoms with Gasteiger partial charge in [-0.05, 0) is 47.2 Å². The van der Waals surface area contributed by atoms with E-state index in [0.29, 0.717) is 11.5 Å². The highest BCUT2D eigenvalue weighted by Gasteiger charge is 2.24. The molecule has 0 radical (unpaired) electrons. The van der Waals surface area contributed by atoms with Crippen molar-refractivity contribution in [3.63, 3.8) is 0 Å². The second-order valence-electron chi connectivity index (χ2n) is 7.21. The molecule has 0 bridgehead atoms. The summed E-state index contributed by atoms with van der Waals surface area (Å²) in [4.78, 5) is 18.9. The summed E-state index contributed by atoms with van der Waals surface area (Å²) in [5, 5.41) is 2.98. The topological polar surface area (TPSA) is 65.2 Å². The average Bonchev–Trinajstić information content (AvgIpc) is 3.20. The number of nitrogens with two attached hydrogens (primary N) is 1. The van der Waals surface area contributed by atoms with Crippen molar-refractivity contribution in [1.82, 2.24) is 4.98 Å². The number of ether oxygens (including phenoxy) is 1. The molecule has 5 rings (SSSR count). The summed E-state index contributed by atoms with van der Waals surface area (Å²) in [6, 6.07) is 24.1. The van der Waals surface area contributed by atoms with Crippen molar-refractivity contribution in [2.45, 2.75) is 6.92 Å². The number of thiophene rings is 1. The lowest BCUT2D eigenvalue weighted by atomic mass is 9.94. The maximum Gasteiger partial charge on any atom is 0.349 e. The normalized spacial score (nSPS) is 11.1. The number of carbonyl (C=O) groups excluding carboxylic acids is 1. The lowest BCUT2D eigenvalue weighted by Crippen LogP contribution is -2.03. The minimum Gasteiger partial charge on any atom is -0.462 e. The van der Waals surface area contributed by atoms with Gasteiger partial charge in [0.15, 0.2) is 0 Å². The molecule has 0 atom stereocenters. The third kappa shape index (κ3) is 3.33. The van der Waals surface area contributed by atoms with E-state index in [0.717, 1.165) is 48.9 Å². The first kappa shape index (κ1) is 19.3. The van der Waals surface area contributed by atoms with Gasteiger partial charge in [-0.3, -0.25) is 0 Å². The van der Waals surface area contributed by atoms with Crippen LogP contribution >= 0.6 is 11.3 Å². The Hall–Kier alpha value is -3.70. The minimum absolute atomic E-state index is 0.319. The molecule has 2 N–H and O–H groups in total. The van der Waals surface area contributed by atoms with Crippen LogP contribution in [0.15, 0.2) is 79.0 Å². The molecule has 152 valence electrons. The molecule has 0 saturated carbocycles. The van der Waals surface area contributed by atoms with Gasteiger partial charge >= 0.3 is 5.97 Å². The molecule has 0 amide bonds.